The molecule has 0 saturated heterocycles. The minimum atomic E-state index is 0.0319. The number of rotatable bonds is 6. The molecule has 0 fully saturated rings. The summed E-state index contributed by atoms with van der Waals surface area (Å²) < 4.78 is 5.76. The van der Waals surface area contributed by atoms with Crippen molar-refractivity contribution in [2.75, 3.05) is 6.54 Å². The molecule has 0 spiro atoms. The number of nitrogens with one attached hydrogen (secondary N) is 1. The van der Waals surface area contributed by atoms with Crippen molar-refractivity contribution in [2.24, 2.45) is 0 Å². The van der Waals surface area contributed by atoms with Crippen LogP contribution in [-0.4, -0.2) is 22.6 Å². The van der Waals surface area contributed by atoms with Gasteiger partial charge in [0.15, 0.2) is 0 Å². The highest BCUT2D eigenvalue weighted by Crippen LogP contribution is 2.24. The van der Waals surface area contributed by atoms with Crippen LogP contribution in [0.15, 0.2) is 42.9 Å². The molecule has 20 heavy (non-hydrogen) atoms. The van der Waals surface area contributed by atoms with Gasteiger partial charge in [-0.25, -0.2) is 0 Å². The van der Waals surface area contributed by atoms with E-state index >= 15 is 0 Å². The van der Waals surface area contributed by atoms with Crippen LogP contribution in [0.25, 0.3) is 0 Å². The van der Waals surface area contributed by atoms with Crippen LogP contribution in [0.1, 0.15) is 38.1 Å². The number of ether oxygens (including phenoxy) is 1. The van der Waals surface area contributed by atoms with Crippen molar-refractivity contribution >= 4 is 0 Å². The Kier molecular flexibility index (Phi) is 5.07. The highest BCUT2D eigenvalue weighted by molar-refractivity contribution is 5.34. The van der Waals surface area contributed by atoms with Gasteiger partial charge in [-0.2, -0.15) is 0 Å². The number of hydrogen-bond donors (Lipinski definition) is 1. The summed E-state index contributed by atoms with van der Waals surface area (Å²) in [5.74, 6) is 0.879. The molecule has 0 radical (unpaired) electrons. The smallest absolute Gasteiger partial charge is 0.120 e. The lowest BCUT2D eigenvalue weighted by Gasteiger charge is -2.19. The van der Waals surface area contributed by atoms with Crippen molar-refractivity contribution in [3.8, 4) is 5.75 Å². The summed E-state index contributed by atoms with van der Waals surface area (Å²) >= 11 is 0. The molecule has 2 aromatic rings. The normalized spacial score (nSPS) is 12.4. The molecule has 4 nitrogen and oxygen atoms in total. The minimum absolute atomic E-state index is 0.0319. The van der Waals surface area contributed by atoms with Crippen molar-refractivity contribution in [1.82, 2.24) is 15.3 Å². The van der Waals surface area contributed by atoms with E-state index < -0.39 is 0 Å². The summed E-state index contributed by atoms with van der Waals surface area (Å²) in [6.07, 6.45) is 5.36. The molecule has 0 aliphatic heterocycles. The summed E-state index contributed by atoms with van der Waals surface area (Å²) in [7, 11) is 0. The zero-order valence-corrected chi connectivity index (χ0v) is 12.2. The van der Waals surface area contributed by atoms with Crippen LogP contribution in [0, 0.1) is 0 Å². The topological polar surface area (TPSA) is 47.0 Å². The Labute approximate surface area is 120 Å². The maximum absolute atomic E-state index is 5.76. The molecule has 2 rings (SSSR count). The van der Waals surface area contributed by atoms with E-state index in [2.05, 4.69) is 34.3 Å². The van der Waals surface area contributed by atoms with Gasteiger partial charge in [0.2, 0.25) is 0 Å². The molecule has 0 bridgehead atoms. The number of nitrogens with zero attached hydrogens (tertiary/aromatic N) is 2. The second-order valence-corrected chi connectivity index (χ2v) is 4.86. The summed E-state index contributed by atoms with van der Waals surface area (Å²) in [5, 5.41) is 3.44. The van der Waals surface area contributed by atoms with Crippen LogP contribution in [-0.2, 0) is 0 Å². The lowest BCUT2D eigenvalue weighted by atomic mass is 10.0. The quantitative estimate of drug-likeness (QED) is 0.877. The van der Waals surface area contributed by atoms with Gasteiger partial charge >= 0.3 is 0 Å². The van der Waals surface area contributed by atoms with E-state index in [1.807, 2.05) is 26.0 Å². The molecule has 0 amide bonds. The van der Waals surface area contributed by atoms with Crippen LogP contribution in [0.5, 0.6) is 5.75 Å². The number of aromatic nitrogens is 2. The molecule has 1 atom stereocenters. The molecule has 1 N–H and O–H groups in total. The van der Waals surface area contributed by atoms with Gasteiger partial charge in [0, 0.05) is 12.4 Å². The van der Waals surface area contributed by atoms with E-state index in [9.17, 15) is 0 Å². The molecular weight excluding hydrogens is 250 g/mol. The lowest BCUT2D eigenvalue weighted by Crippen LogP contribution is -2.23. The maximum atomic E-state index is 5.76. The van der Waals surface area contributed by atoms with E-state index in [0.29, 0.717) is 0 Å². The molecule has 0 aliphatic carbocycles. The lowest BCUT2D eigenvalue weighted by molar-refractivity contribution is 0.242. The molecule has 4 heteroatoms. The molecule has 1 heterocycles. The van der Waals surface area contributed by atoms with Gasteiger partial charge in [-0.1, -0.05) is 19.1 Å². The molecule has 1 unspecified atom stereocenters. The Morgan fingerprint density at radius 3 is 2.75 bits per heavy atom. The first-order valence-electron chi connectivity index (χ1n) is 6.96. The fourth-order valence-corrected chi connectivity index (χ4v) is 2.10. The van der Waals surface area contributed by atoms with Crippen LogP contribution < -0.4 is 10.1 Å². The molecule has 0 saturated carbocycles. The first-order chi connectivity index (χ1) is 9.70. The highest BCUT2D eigenvalue weighted by atomic mass is 16.5. The molecule has 106 valence electrons. The largest absolute Gasteiger partial charge is 0.491 e. The Morgan fingerprint density at radius 1 is 1.25 bits per heavy atom. The van der Waals surface area contributed by atoms with E-state index in [1.165, 1.54) is 0 Å². The van der Waals surface area contributed by atoms with Crippen LogP contribution in [0.3, 0.4) is 0 Å². The number of benzene rings is 1. The molecule has 1 aromatic carbocycles. The van der Waals surface area contributed by atoms with Crippen LogP contribution in [0.4, 0.5) is 0 Å². The zero-order chi connectivity index (χ0) is 14.4. The average molecular weight is 271 g/mol. The fraction of sp³-hybridized carbons (Fsp3) is 0.375. The van der Waals surface area contributed by atoms with E-state index in [0.717, 1.165) is 23.6 Å². The summed E-state index contributed by atoms with van der Waals surface area (Å²) in [6, 6.07) is 8.15. The van der Waals surface area contributed by atoms with Crippen molar-refractivity contribution in [1.29, 1.82) is 0 Å². The predicted molar refractivity (Wildman–Crippen MR) is 79.8 cm³/mol. The van der Waals surface area contributed by atoms with Gasteiger partial charge in [0.1, 0.15) is 5.75 Å². The third kappa shape index (κ3) is 3.78. The van der Waals surface area contributed by atoms with Crippen LogP contribution in [0.2, 0.25) is 0 Å². The van der Waals surface area contributed by atoms with E-state index in [4.69, 9.17) is 4.74 Å². The van der Waals surface area contributed by atoms with Gasteiger partial charge in [0.05, 0.1) is 24.0 Å². The van der Waals surface area contributed by atoms with Crippen molar-refractivity contribution in [3.63, 3.8) is 0 Å². The first-order valence-corrected chi connectivity index (χ1v) is 6.96. The monoisotopic (exact) mass is 271 g/mol. The van der Waals surface area contributed by atoms with Crippen molar-refractivity contribution in [2.45, 2.75) is 32.9 Å². The minimum Gasteiger partial charge on any atom is -0.491 e. The Bertz CT molecular complexity index is 528. The average Bonchev–Trinajstić information content (AvgIpc) is 2.45. The van der Waals surface area contributed by atoms with E-state index in [1.54, 1.807) is 18.6 Å². The molecule has 1 aromatic heterocycles. The molecule has 0 aliphatic rings. The van der Waals surface area contributed by atoms with E-state index in [-0.39, 0.29) is 12.1 Å². The first kappa shape index (κ1) is 14.5. The third-order valence-corrected chi connectivity index (χ3v) is 2.85. The SMILES string of the molecule is CCNC(c1cccc(OC(C)C)c1)c1cnccn1. The van der Waals surface area contributed by atoms with Gasteiger partial charge in [-0.3, -0.25) is 9.97 Å². The second kappa shape index (κ2) is 7.01. The van der Waals surface area contributed by atoms with Crippen molar-refractivity contribution < 1.29 is 4.74 Å². The summed E-state index contributed by atoms with van der Waals surface area (Å²) in [4.78, 5) is 8.55. The highest BCUT2D eigenvalue weighted by Gasteiger charge is 2.15. The number of hydrogen-bond acceptors (Lipinski definition) is 4. The van der Waals surface area contributed by atoms with Gasteiger partial charge in [-0.05, 0) is 38.1 Å². The Morgan fingerprint density at radius 2 is 2.10 bits per heavy atom. The van der Waals surface area contributed by atoms with Gasteiger partial charge < -0.3 is 10.1 Å². The standard InChI is InChI=1S/C16H21N3O/c1-4-18-16(15-11-17-8-9-19-15)13-6-5-7-14(10-13)20-12(2)3/h5-12,16,18H,4H2,1-3H3. The van der Waals surface area contributed by atoms with Gasteiger partial charge in [0.25, 0.3) is 0 Å². The second-order valence-electron chi connectivity index (χ2n) is 4.86. The fourth-order valence-electron chi connectivity index (χ4n) is 2.10. The van der Waals surface area contributed by atoms with Crippen molar-refractivity contribution in [3.05, 3.63) is 54.1 Å². The third-order valence-electron chi connectivity index (χ3n) is 2.85. The Balaban J connectivity index is 2.30. The molecular formula is C16H21N3O. The summed E-state index contributed by atoms with van der Waals surface area (Å²) in [6.45, 7) is 6.99. The maximum Gasteiger partial charge on any atom is 0.120 e. The summed E-state index contributed by atoms with van der Waals surface area (Å²) in [5.41, 5.74) is 2.04. The van der Waals surface area contributed by atoms with Crippen LogP contribution >= 0.6 is 0 Å². The Hall–Kier alpha value is -1.94. The zero-order valence-electron chi connectivity index (χ0n) is 12.2. The predicted octanol–water partition coefficient (Wildman–Crippen LogP) is 2.96. The van der Waals surface area contributed by atoms with Gasteiger partial charge in [-0.15, -0.1) is 0 Å².